The van der Waals surface area contributed by atoms with Crippen molar-refractivity contribution < 1.29 is 4.79 Å². The van der Waals surface area contributed by atoms with Crippen LogP contribution in [0.4, 0.5) is 0 Å². The zero-order valence-corrected chi connectivity index (χ0v) is 12.7. The minimum absolute atomic E-state index is 0.101. The predicted octanol–water partition coefficient (Wildman–Crippen LogP) is 2.90. The van der Waals surface area contributed by atoms with Crippen molar-refractivity contribution in [3.8, 4) is 0 Å². The molecule has 0 saturated heterocycles. The van der Waals surface area contributed by atoms with Gasteiger partial charge < -0.3 is 10.6 Å². The normalized spacial score (nSPS) is 7.83. The highest BCUT2D eigenvalue weighted by Crippen LogP contribution is 1.98. The highest BCUT2D eigenvalue weighted by molar-refractivity contribution is 7.80. The molecule has 0 fully saturated rings. The second kappa shape index (κ2) is 13.6. The fourth-order valence-electron chi connectivity index (χ4n) is 1.01. The van der Waals surface area contributed by atoms with Crippen molar-refractivity contribution in [2.75, 3.05) is 7.05 Å². The maximum Gasteiger partial charge on any atom is 0.230 e. The van der Waals surface area contributed by atoms with E-state index in [9.17, 15) is 4.79 Å². The standard InChI is InChI=1S/C10H12N2OS.2C2H6/c1-11-10(14)12-9(13)7-8-5-3-2-4-6-8;2*1-2/h2-6H,7H2,1H3,(H2,11,12,13,14);2*1-2H3. The summed E-state index contributed by atoms with van der Waals surface area (Å²) < 4.78 is 0. The number of hydrogen-bond acceptors (Lipinski definition) is 2. The fraction of sp³-hybridized carbons (Fsp3) is 0.429. The Morgan fingerprint density at radius 1 is 1.11 bits per heavy atom. The zero-order chi connectivity index (χ0) is 14.4. The highest BCUT2D eigenvalue weighted by atomic mass is 32.1. The summed E-state index contributed by atoms with van der Waals surface area (Å²) in [4.78, 5) is 11.3. The lowest BCUT2D eigenvalue weighted by molar-refractivity contribution is -0.119. The van der Waals surface area contributed by atoms with E-state index in [2.05, 4.69) is 10.6 Å². The van der Waals surface area contributed by atoms with E-state index in [-0.39, 0.29) is 5.91 Å². The molecule has 0 radical (unpaired) electrons. The Hall–Kier alpha value is -1.42. The summed E-state index contributed by atoms with van der Waals surface area (Å²) in [6, 6.07) is 9.53. The molecule has 1 rings (SSSR count). The third-order valence-corrected chi connectivity index (χ3v) is 1.99. The molecule has 0 aromatic heterocycles. The van der Waals surface area contributed by atoms with Gasteiger partial charge in [0.15, 0.2) is 5.11 Å². The molecule has 0 spiro atoms. The van der Waals surface area contributed by atoms with E-state index in [0.717, 1.165) is 5.56 Å². The largest absolute Gasteiger partial charge is 0.365 e. The SMILES string of the molecule is CC.CC.CNC(=S)NC(=O)Cc1ccccc1. The highest BCUT2D eigenvalue weighted by Gasteiger charge is 2.03. The Labute approximate surface area is 116 Å². The van der Waals surface area contributed by atoms with E-state index in [1.54, 1.807) is 7.05 Å². The first-order valence-electron chi connectivity index (χ1n) is 6.28. The van der Waals surface area contributed by atoms with E-state index in [4.69, 9.17) is 12.2 Å². The number of hydrogen-bond donors (Lipinski definition) is 2. The van der Waals surface area contributed by atoms with E-state index >= 15 is 0 Å². The minimum Gasteiger partial charge on any atom is -0.365 e. The van der Waals surface area contributed by atoms with Crippen LogP contribution in [0.15, 0.2) is 30.3 Å². The monoisotopic (exact) mass is 268 g/mol. The maximum atomic E-state index is 11.3. The molecule has 1 amide bonds. The molecule has 102 valence electrons. The van der Waals surface area contributed by atoms with E-state index < -0.39 is 0 Å². The molecule has 0 unspecified atom stereocenters. The van der Waals surface area contributed by atoms with Crippen molar-refractivity contribution in [3.63, 3.8) is 0 Å². The number of carbonyl (C=O) groups excluding carboxylic acids is 1. The topological polar surface area (TPSA) is 41.1 Å². The average Bonchev–Trinajstić information content (AvgIpc) is 2.44. The molecule has 0 aliphatic rings. The van der Waals surface area contributed by atoms with Crippen molar-refractivity contribution in [1.29, 1.82) is 0 Å². The van der Waals surface area contributed by atoms with Crippen LogP contribution in [0.5, 0.6) is 0 Å². The molecule has 0 aliphatic heterocycles. The number of thiocarbonyl (C=S) groups is 1. The van der Waals surface area contributed by atoms with E-state index in [1.165, 1.54) is 0 Å². The summed E-state index contributed by atoms with van der Waals surface area (Å²) >= 11 is 4.80. The lowest BCUT2D eigenvalue weighted by Crippen LogP contribution is -2.37. The molecular formula is C14H24N2OS. The van der Waals surface area contributed by atoms with Crippen molar-refractivity contribution in [2.45, 2.75) is 34.1 Å². The van der Waals surface area contributed by atoms with Gasteiger partial charge in [-0.2, -0.15) is 0 Å². The van der Waals surface area contributed by atoms with Crippen LogP contribution in [0.1, 0.15) is 33.3 Å². The van der Waals surface area contributed by atoms with Crippen molar-refractivity contribution in [2.24, 2.45) is 0 Å². The second-order valence-electron chi connectivity index (χ2n) is 2.79. The Kier molecular flexibility index (Phi) is 14.4. The van der Waals surface area contributed by atoms with Gasteiger partial charge in [-0.25, -0.2) is 0 Å². The van der Waals surface area contributed by atoms with Crippen molar-refractivity contribution in [3.05, 3.63) is 35.9 Å². The summed E-state index contributed by atoms with van der Waals surface area (Å²) in [5, 5.41) is 5.59. The molecular weight excluding hydrogens is 244 g/mol. The van der Waals surface area contributed by atoms with E-state index in [1.807, 2.05) is 58.0 Å². The molecule has 0 atom stereocenters. The van der Waals surface area contributed by atoms with E-state index in [0.29, 0.717) is 11.5 Å². The Morgan fingerprint density at radius 2 is 1.61 bits per heavy atom. The molecule has 0 aliphatic carbocycles. The smallest absolute Gasteiger partial charge is 0.230 e. The summed E-state index contributed by atoms with van der Waals surface area (Å²) in [6.07, 6.45) is 0.350. The first-order chi connectivity index (χ1) is 8.72. The summed E-state index contributed by atoms with van der Waals surface area (Å²) in [5.74, 6) is -0.101. The summed E-state index contributed by atoms with van der Waals surface area (Å²) in [5.41, 5.74) is 0.976. The van der Waals surface area contributed by atoms with Crippen molar-refractivity contribution >= 4 is 23.2 Å². The number of benzene rings is 1. The quantitative estimate of drug-likeness (QED) is 0.810. The molecule has 0 bridgehead atoms. The van der Waals surface area contributed by atoms with Crippen LogP contribution in [0.3, 0.4) is 0 Å². The first-order valence-corrected chi connectivity index (χ1v) is 6.68. The second-order valence-corrected chi connectivity index (χ2v) is 3.20. The molecule has 1 aromatic rings. The zero-order valence-electron chi connectivity index (χ0n) is 11.9. The van der Waals surface area contributed by atoms with Crippen LogP contribution >= 0.6 is 12.2 Å². The minimum atomic E-state index is -0.101. The number of amides is 1. The van der Waals surface area contributed by atoms with Gasteiger partial charge in [0.1, 0.15) is 0 Å². The van der Waals surface area contributed by atoms with Gasteiger partial charge in [0, 0.05) is 7.05 Å². The molecule has 18 heavy (non-hydrogen) atoms. The Balaban J connectivity index is 0. The van der Waals surface area contributed by atoms with Crippen LogP contribution in [0.2, 0.25) is 0 Å². The summed E-state index contributed by atoms with van der Waals surface area (Å²) in [7, 11) is 1.67. The lowest BCUT2D eigenvalue weighted by atomic mass is 10.1. The lowest BCUT2D eigenvalue weighted by Gasteiger charge is -2.05. The predicted molar refractivity (Wildman–Crippen MR) is 82.6 cm³/mol. The van der Waals surface area contributed by atoms with Gasteiger partial charge in [-0.05, 0) is 17.8 Å². The van der Waals surface area contributed by atoms with Gasteiger partial charge in [-0.15, -0.1) is 0 Å². The van der Waals surface area contributed by atoms with Gasteiger partial charge in [-0.3, -0.25) is 4.79 Å². The molecule has 1 aromatic carbocycles. The number of rotatable bonds is 2. The molecule has 0 saturated carbocycles. The number of carbonyl (C=O) groups is 1. The molecule has 2 N–H and O–H groups in total. The molecule has 4 heteroatoms. The maximum absolute atomic E-state index is 11.3. The van der Waals surface area contributed by atoms with Crippen LogP contribution in [0.25, 0.3) is 0 Å². The van der Waals surface area contributed by atoms with Gasteiger partial charge >= 0.3 is 0 Å². The van der Waals surface area contributed by atoms with Crippen molar-refractivity contribution in [1.82, 2.24) is 10.6 Å². The van der Waals surface area contributed by atoms with Crippen LogP contribution in [0, 0.1) is 0 Å². The van der Waals surface area contributed by atoms with Crippen LogP contribution < -0.4 is 10.6 Å². The fourth-order valence-corrected chi connectivity index (χ4v) is 1.13. The third kappa shape index (κ3) is 9.78. The van der Waals surface area contributed by atoms with Gasteiger partial charge in [0.25, 0.3) is 0 Å². The molecule has 3 nitrogen and oxygen atoms in total. The summed E-state index contributed by atoms with van der Waals surface area (Å²) in [6.45, 7) is 8.00. The third-order valence-electron chi connectivity index (χ3n) is 1.69. The first kappa shape index (κ1) is 18.9. The van der Waals surface area contributed by atoms with Gasteiger partial charge in [0.05, 0.1) is 6.42 Å². The molecule has 0 heterocycles. The average molecular weight is 268 g/mol. The Morgan fingerprint density at radius 3 is 2.06 bits per heavy atom. The van der Waals surface area contributed by atoms with Crippen LogP contribution in [-0.4, -0.2) is 18.1 Å². The van der Waals surface area contributed by atoms with Gasteiger partial charge in [-0.1, -0.05) is 58.0 Å². The Bertz CT molecular complexity index is 326. The van der Waals surface area contributed by atoms with Gasteiger partial charge in [0.2, 0.25) is 5.91 Å². The number of nitrogens with one attached hydrogen (secondary N) is 2. The van der Waals surface area contributed by atoms with Crippen LogP contribution in [-0.2, 0) is 11.2 Å².